The van der Waals surface area contributed by atoms with Crippen molar-refractivity contribution in [1.82, 2.24) is 4.90 Å². The first-order chi connectivity index (χ1) is 20.6. The minimum absolute atomic E-state index is 0.0146. The number of aliphatic hydroxyl groups is 2. The van der Waals surface area contributed by atoms with Crippen LogP contribution in [0.5, 0.6) is 5.75 Å². The normalized spacial score (nSPS) is 31.1. The molecule has 3 N–H and O–H groups in total. The second-order valence-electron chi connectivity index (χ2n) is 13.6. The van der Waals surface area contributed by atoms with E-state index in [2.05, 4.69) is 18.4 Å². The van der Waals surface area contributed by atoms with Crippen LogP contribution >= 0.6 is 0 Å². The molecule has 4 rings (SSSR count). The van der Waals surface area contributed by atoms with Crippen molar-refractivity contribution in [2.75, 3.05) is 31.6 Å². The van der Waals surface area contributed by atoms with Gasteiger partial charge >= 0.3 is 12.1 Å². The smallest absolute Gasteiger partial charge is 0.453 e. The molecule has 0 spiro atoms. The summed E-state index contributed by atoms with van der Waals surface area (Å²) in [5.41, 5.74) is 2.71. The molecule has 1 unspecified atom stereocenters. The van der Waals surface area contributed by atoms with E-state index in [0.29, 0.717) is 19.4 Å². The van der Waals surface area contributed by atoms with Crippen LogP contribution in [0.15, 0.2) is 30.4 Å². The monoisotopic (exact) mass is 649 g/mol. The number of fused-ring (bicyclic) bond motifs is 5. The Labute approximate surface area is 260 Å². The maximum atomic E-state index is 13.0. The van der Waals surface area contributed by atoms with E-state index < -0.39 is 47.9 Å². The van der Waals surface area contributed by atoms with Gasteiger partial charge in [-0.25, -0.2) is 0 Å². The summed E-state index contributed by atoms with van der Waals surface area (Å²) in [4.78, 5) is 2.11. The van der Waals surface area contributed by atoms with Gasteiger partial charge in [-0.15, -0.1) is 0 Å². The van der Waals surface area contributed by atoms with Crippen molar-refractivity contribution in [2.24, 2.45) is 23.2 Å². The SMILES string of the molecule is C=C1[C@H](O)C[C@H]2[C@@H]3[C@H](CCCCCN(C)CCCS(=O)CCCC(F)(F)C(F)(F)F)[C@@H](O)c4cc(O)ccc4[C@H]3CC[C@]12C. The lowest BCUT2D eigenvalue weighted by molar-refractivity contribution is -0.284. The van der Waals surface area contributed by atoms with Gasteiger partial charge in [-0.2, -0.15) is 22.0 Å². The number of alkyl halides is 5. The van der Waals surface area contributed by atoms with Crippen LogP contribution in [0.3, 0.4) is 0 Å². The maximum absolute atomic E-state index is 13.0. The van der Waals surface area contributed by atoms with Crippen molar-refractivity contribution in [3.05, 3.63) is 41.5 Å². The minimum atomic E-state index is -5.57. The lowest BCUT2D eigenvalue weighted by Crippen LogP contribution is -2.45. The molecule has 0 radical (unpaired) electrons. The Hall–Kier alpha value is -1.56. The van der Waals surface area contributed by atoms with Gasteiger partial charge in [0, 0.05) is 28.7 Å². The van der Waals surface area contributed by atoms with Gasteiger partial charge < -0.3 is 20.2 Å². The zero-order valence-corrected chi connectivity index (χ0v) is 26.6. The molecular weight excluding hydrogens is 601 g/mol. The molecule has 1 aromatic carbocycles. The molecule has 2 fully saturated rings. The van der Waals surface area contributed by atoms with Crippen LogP contribution < -0.4 is 0 Å². The standard InChI is InChI=1S/C33H48F5NO4S/c1-21-28(41)20-27-29-24(12-14-31(21,27)2)23-11-10-22(40)19-26(23)30(42)25(29)9-5-4-6-15-39(3)16-8-18-44(43)17-7-13-32(34,35)33(36,37)38/h10-11,19,24-25,27-30,40-42H,1,4-9,12-18,20H2,2-3H3/t24-,25+,27+,28-,29+,30-,31-,44?/m1/s1. The summed E-state index contributed by atoms with van der Waals surface area (Å²) in [6.07, 6.45) is -1.76. The van der Waals surface area contributed by atoms with Gasteiger partial charge in [0.1, 0.15) is 5.75 Å². The van der Waals surface area contributed by atoms with E-state index in [1.165, 1.54) is 0 Å². The second-order valence-corrected chi connectivity index (χ2v) is 15.3. The van der Waals surface area contributed by atoms with Crippen LogP contribution in [0.2, 0.25) is 0 Å². The molecule has 3 aliphatic rings. The lowest BCUT2D eigenvalue weighted by atomic mass is 9.51. The number of benzene rings is 1. The van der Waals surface area contributed by atoms with Crippen molar-refractivity contribution in [2.45, 2.75) is 101 Å². The highest BCUT2D eigenvalue weighted by Gasteiger charge is 2.58. The molecule has 8 atom stereocenters. The highest BCUT2D eigenvalue weighted by molar-refractivity contribution is 7.84. The molecule has 0 aromatic heterocycles. The average Bonchev–Trinajstić information content (AvgIpc) is 3.17. The van der Waals surface area contributed by atoms with Gasteiger partial charge in [0.15, 0.2) is 0 Å². The highest BCUT2D eigenvalue weighted by Crippen LogP contribution is 2.65. The van der Waals surface area contributed by atoms with E-state index >= 15 is 0 Å². The molecule has 250 valence electrons. The summed E-state index contributed by atoms with van der Waals surface area (Å²) in [6.45, 7) is 7.95. The molecule has 5 nitrogen and oxygen atoms in total. The van der Waals surface area contributed by atoms with Crippen LogP contribution in [0.4, 0.5) is 22.0 Å². The number of unbranched alkanes of at least 4 members (excludes halogenated alkanes) is 2. The summed E-state index contributed by atoms with van der Waals surface area (Å²) in [5, 5.41) is 32.6. The van der Waals surface area contributed by atoms with Gasteiger partial charge in [-0.05, 0) is 123 Å². The molecule has 1 aromatic rings. The van der Waals surface area contributed by atoms with E-state index in [9.17, 15) is 41.5 Å². The van der Waals surface area contributed by atoms with Crippen molar-refractivity contribution in [3.63, 3.8) is 0 Å². The van der Waals surface area contributed by atoms with Gasteiger partial charge in [-0.1, -0.05) is 32.4 Å². The molecule has 0 amide bonds. The number of halogens is 5. The van der Waals surface area contributed by atoms with Crippen molar-refractivity contribution in [3.8, 4) is 5.75 Å². The number of phenolic OH excluding ortho intramolecular Hbond substituents is 1. The number of phenols is 1. The molecule has 0 saturated heterocycles. The predicted molar refractivity (Wildman–Crippen MR) is 162 cm³/mol. The molecule has 11 heteroatoms. The molecular formula is C33H48F5NO4S. The van der Waals surface area contributed by atoms with Gasteiger partial charge in [0.25, 0.3) is 0 Å². The third kappa shape index (κ3) is 7.52. The zero-order valence-electron chi connectivity index (χ0n) is 25.8. The number of hydrogen-bond acceptors (Lipinski definition) is 5. The number of aromatic hydroxyl groups is 1. The largest absolute Gasteiger partial charge is 0.508 e. The first-order valence-corrected chi connectivity index (χ1v) is 17.4. The zero-order chi connectivity index (χ0) is 32.4. The molecule has 44 heavy (non-hydrogen) atoms. The number of hydrogen-bond donors (Lipinski definition) is 3. The quantitative estimate of drug-likeness (QED) is 0.114. The number of nitrogens with zero attached hydrogens (tertiary/aromatic N) is 1. The topological polar surface area (TPSA) is 81.0 Å². The average molecular weight is 650 g/mol. The maximum Gasteiger partial charge on any atom is 0.453 e. The van der Waals surface area contributed by atoms with Gasteiger partial charge in [0.2, 0.25) is 0 Å². The second kappa shape index (κ2) is 14.1. The van der Waals surface area contributed by atoms with Crippen molar-refractivity contribution < 1.29 is 41.5 Å². The third-order valence-electron chi connectivity index (χ3n) is 10.8. The summed E-state index contributed by atoms with van der Waals surface area (Å²) in [5.74, 6) is -3.74. The molecule has 3 aliphatic carbocycles. The Bertz CT molecular complexity index is 1180. The van der Waals surface area contributed by atoms with E-state index in [-0.39, 0.29) is 46.3 Å². The molecule has 0 heterocycles. The lowest BCUT2D eigenvalue weighted by Gasteiger charge is -2.53. The molecule has 0 aliphatic heterocycles. The van der Waals surface area contributed by atoms with Crippen molar-refractivity contribution >= 4 is 10.8 Å². The molecule has 0 bridgehead atoms. The van der Waals surface area contributed by atoms with Crippen LogP contribution in [0.25, 0.3) is 0 Å². The Morgan fingerprint density at radius 1 is 1.02 bits per heavy atom. The first-order valence-electron chi connectivity index (χ1n) is 15.9. The summed E-state index contributed by atoms with van der Waals surface area (Å²) < 4.78 is 74.9. The van der Waals surface area contributed by atoms with E-state index in [1.54, 1.807) is 12.1 Å². The summed E-state index contributed by atoms with van der Waals surface area (Å²) in [6, 6.07) is 5.37. The Kier molecular flexibility index (Phi) is 11.3. The number of aliphatic hydroxyl groups excluding tert-OH is 2. The summed E-state index contributed by atoms with van der Waals surface area (Å²) >= 11 is 0. The van der Waals surface area contributed by atoms with Crippen LogP contribution in [0, 0.1) is 23.2 Å². The van der Waals surface area contributed by atoms with Crippen LogP contribution in [-0.4, -0.2) is 74.3 Å². The van der Waals surface area contributed by atoms with Crippen LogP contribution in [0.1, 0.15) is 94.3 Å². The van der Waals surface area contributed by atoms with Gasteiger partial charge in [0.05, 0.1) is 12.2 Å². The fraction of sp³-hybridized carbons (Fsp3) is 0.758. The summed E-state index contributed by atoms with van der Waals surface area (Å²) in [7, 11) is 0.520. The number of rotatable bonds is 14. The van der Waals surface area contributed by atoms with E-state index in [0.717, 1.165) is 61.8 Å². The molecule has 2 saturated carbocycles. The van der Waals surface area contributed by atoms with Gasteiger partial charge in [-0.3, -0.25) is 4.21 Å². The third-order valence-corrected chi connectivity index (χ3v) is 12.3. The fourth-order valence-electron chi connectivity index (χ4n) is 8.27. The van der Waals surface area contributed by atoms with Crippen molar-refractivity contribution in [1.29, 1.82) is 0 Å². The fourth-order valence-corrected chi connectivity index (χ4v) is 9.39. The predicted octanol–water partition coefficient (Wildman–Crippen LogP) is 7.10. The highest BCUT2D eigenvalue weighted by atomic mass is 32.2. The first kappa shape index (κ1) is 35.3. The van der Waals surface area contributed by atoms with E-state index in [1.807, 2.05) is 13.1 Å². The Morgan fingerprint density at radius 2 is 1.70 bits per heavy atom. The minimum Gasteiger partial charge on any atom is -0.508 e. The Morgan fingerprint density at radius 3 is 2.41 bits per heavy atom. The Balaban J connectivity index is 1.23. The van der Waals surface area contributed by atoms with E-state index in [4.69, 9.17) is 0 Å². The van der Waals surface area contributed by atoms with Crippen LogP contribution in [-0.2, 0) is 10.8 Å².